The van der Waals surface area contributed by atoms with Gasteiger partial charge in [0.1, 0.15) is 0 Å². The molecule has 0 heterocycles. The molecule has 0 bridgehead atoms. The maximum atomic E-state index is 12.3. The molecule has 3 nitrogen and oxygen atoms in total. The molecule has 0 saturated heterocycles. The van der Waals surface area contributed by atoms with Gasteiger partial charge in [-0.15, -0.1) is 0 Å². The summed E-state index contributed by atoms with van der Waals surface area (Å²) in [4.78, 5) is 12.3. The molecular weight excluding hydrogens is 224 g/mol. The Balaban J connectivity index is 2.87. The summed E-state index contributed by atoms with van der Waals surface area (Å²) in [6, 6.07) is 7.97. The van der Waals surface area contributed by atoms with E-state index < -0.39 is 11.0 Å². The summed E-state index contributed by atoms with van der Waals surface area (Å²) in [5, 5.41) is 2.92. The highest BCUT2D eigenvalue weighted by Gasteiger charge is 2.31. The van der Waals surface area contributed by atoms with Crippen LogP contribution in [0.2, 0.25) is 0 Å². The van der Waals surface area contributed by atoms with Crippen molar-refractivity contribution in [3.8, 4) is 0 Å². The second-order valence-corrected chi connectivity index (χ2v) is 6.11. The lowest BCUT2D eigenvalue weighted by Crippen LogP contribution is -2.49. The number of nitrogens with two attached hydrogens (primary N) is 1. The molecule has 1 rings (SSSR count). The van der Waals surface area contributed by atoms with Crippen molar-refractivity contribution in [3.63, 3.8) is 0 Å². The largest absolute Gasteiger partial charge is 0.354 e. The first kappa shape index (κ1) is 14.7. The van der Waals surface area contributed by atoms with Crippen LogP contribution in [-0.4, -0.2) is 18.0 Å². The van der Waals surface area contributed by atoms with E-state index in [4.69, 9.17) is 5.73 Å². The van der Waals surface area contributed by atoms with Crippen molar-refractivity contribution in [2.75, 3.05) is 6.54 Å². The van der Waals surface area contributed by atoms with Gasteiger partial charge in [0.25, 0.3) is 0 Å². The summed E-state index contributed by atoms with van der Waals surface area (Å²) in [6.07, 6.45) is 0. The molecule has 18 heavy (non-hydrogen) atoms. The van der Waals surface area contributed by atoms with Crippen molar-refractivity contribution < 1.29 is 4.79 Å². The summed E-state index contributed by atoms with van der Waals surface area (Å²) < 4.78 is 0. The molecule has 3 heteroatoms. The number of nitrogens with one attached hydrogen (secondary N) is 1. The molecule has 0 saturated carbocycles. The van der Waals surface area contributed by atoms with Crippen LogP contribution >= 0.6 is 0 Å². The third-order valence-electron chi connectivity index (χ3n) is 3.09. The second kappa shape index (κ2) is 5.11. The summed E-state index contributed by atoms with van der Waals surface area (Å²) in [5.74, 6) is 0.00956. The minimum Gasteiger partial charge on any atom is -0.354 e. The zero-order valence-electron chi connectivity index (χ0n) is 12.0. The van der Waals surface area contributed by atoms with Crippen LogP contribution in [0.1, 0.15) is 38.8 Å². The molecule has 1 amide bonds. The molecule has 0 fully saturated rings. The summed E-state index contributed by atoms with van der Waals surface area (Å²) in [5.41, 5.74) is 7.13. The van der Waals surface area contributed by atoms with Crippen LogP contribution in [0.15, 0.2) is 24.3 Å². The number of amides is 1. The van der Waals surface area contributed by atoms with Crippen LogP contribution in [0.25, 0.3) is 0 Å². The lowest BCUT2D eigenvalue weighted by Gasteiger charge is -2.28. The molecule has 0 aliphatic heterocycles. The number of benzene rings is 1. The van der Waals surface area contributed by atoms with Crippen LogP contribution in [0.4, 0.5) is 0 Å². The van der Waals surface area contributed by atoms with Gasteiger partial charge in [-0.05, 0) is 45.7 Å². The van der Waals surface area contributed by atoms with E-state index in [1.54, 1.807) is 0 Å². The SMILES string of the molecule is Cc1ccccc1C(C)(C)C(=O)NCC(C)(C)N. The second-order valence-electron chi connectivity index (χ2n) is 6.11. The zero-order chi connectivity index (χ0) is 14.0. The summed E-state index contributed by atoms with van der Waals surface area (Å²) >= 11 is 0. The van der Waals surface area contributed by atoms with E-state index in [0.29, 0.717) is 6.54 Å². The molecule has 1 aromatic carbocycles. The van der Waals surface area contributed by atoms with E-state index in [2.05, 4.69) is 5.32 Å². The Kier molecular flexibility index (Phi) is 4.17. The quantitative estimate of drug-likeness (QED) is 0.857. The van der Waals surface area contributed by atoms with Gasteiger partial charge in [-0.25, -0.2) is 0 Å². The molecule has 0 aliphatic rings. The first-order chi connectivity index (χ1) is 8.14. The minimum absolute atomic E-state index is 0.00956. The molecule has 0 spiro atoms. The minimum atomic E-state index is -0.545. The van der Waals surface area contributed by atoms with Gasteiger partial charge in [0.15, 0.2) is 0 Å². The predicted octanol–water partition coefficient (Wildman–Crippen LogP) is 2.13. The molecule has 0 unspecified atom stereocenters. The van der Waals surface area contributed by atoms with Crippen molar-refractivity contribution in [2.24, 2.45) is 5.73 Å². The smallest absolute Gasteiger partial charge is 0.230 e. The van der Waals surface area contributed by atoms with Crippen molar-refractivity contribution in [1.29, 1.82) is 0 Å². The number of hydrogen-bond acceptors (Lipinski definition) is 2. The molecular formula is C15H24N2O. The number of carbonyl (C=O) groups excluding carboxylic acids is 1. The van der Waals surface area contributed by atoms with Crippen molar-refractivity contribution in [2.45, 2.75) is 45.6 Å². The highest BCUT2D eigenvalue weighted by atomic mass is 16.2. The standard InChI is InChI=1S/C15H24N2O/c1-11-8-6-7-9-12(11)15(4,5)13(18)17-10-14(2,3)16/h6-9H,10,16H2,1-5H3,(H,17,18). The van der Waals surface area contributed by atoms with Gasteiger partial charge in [0.05, 0.1) is 5.41 Å². The fraction of sp³-hybridized carbons (Fsp3) is 0.533. The maximum absolute atomic E-state index is 12.3. The van der Waals surface area contributed by atoms with Crippen LogP contribution in [-0.2, 0) is 10.2 Å². The molecule has 3 N–H and O–H groups in total. The zero-order valence-corrected chi connectivity index (χ0v) is 12.0. The highest BCUT2D eigenvalue weighted by Crippen LogP contribution is 2.26. The first-order valence-electron chi connectivity index (χ1n) is 6.28. The third kappa shape index (κ3) is 3.57. The lowest BCUT2D eigenvalue weighted by molar-refractivity contribution is -0.125. The van der Waals surface area contributed by atoms with Crippen LogP contribution in [0.3, 0.4) is 0 Å². The summed E-state index contributed by atoms with van der Waals surface area (Å²) in [6.45, 7) is 10.2. The highest BCUT2D eigenvalue weighted by molar-refractivity contribution is 5.87. The molecule has 0 aromatic heterocycles. The monoisotopic (exact) mass is 248 g/mol. The van der Waals surface area contributed by atoms with Gasteiger partial charge in [0, 0.05) is 12.1 Å². The normalized spacial score (nSPS) is 12.3. The van der Waals surface area contributed by atoms with Gasteiger partial charge in [-0.2, -0.15) is 0 Å². The first-order valence-corrected chi connectivity index (χ1v) is 6.28. The van der Waals surface area contributed by atoms with E-state index in [1.165, 1.54) is 0 Å². The molecule has 0 radical (unpaired) electrons. The van der Waals surface area contributed by atoms with Crippen molar-refractivity contribution >= 4 is 5.91 Å². The fourth-order valence-corrected chi connectivity index (χ4v) is 1.93. The summed E-state index contributed by atoms with van der Waals surface area (Å²) in [7, 11) is 0. The van der Waals surface area contributed by atoms with Crippen molar-refractivity contribution in [1.82, 2.24) is 5.32 Å². The number of carbonyl (C=O) groups is 1. The average molecular weight is 248 g/mol. The van der Waals surface area contributed by atoms with E-state index in [1.807, 2.05) is 58.9 Å². The van der Waals surface area contributed by atoms with Crippen LogP contribution < -0.4 is 11.1 Å². The van der Waals surface area contributed by atoms with Crippen LogP contribution in [0, 0.1) is 6.92 Å². The van der Waals surface area contributed by atoms with E-state index in [-0.39, 0.29) is 5.91 Å². The van der Waals surface area contributed by atoms with E-state index in [9.17, 15) is 4.79 Å². The predicted molar refractivity (Wildman–Crippen MR) is 75.5 cm³/mol. The van der Waals surface area contributed by atoms with Gasteiger partial charge >= 0.3 is 0 Å². The van der Waals surface area contributed by atoms with Crippen molar-refractivity contribution in [3.05, 3.63) is 35.4 Å². The number of rotatable bonds is 4. The fourth-order valence-electron chi connectivity index (χ4n) is 1.93. The van der Waals surface area contributed by atoms with Gasteiger partial charge < -0.3 is 11.1 Å². The van der Waals surface area contributed by atoms with Gasteiger partial charge in [-0.3, -0.25) is 4.79 Å². The number of hydrogen-bond donors (Lipinski definition) is 2. The van der Waals surface area contributed by atoms with Gasteiger partial charge in [-0.1, -0.05) is 24.3 Å². The van der Waals surface area contributed by atoms with Crippen LogP contribution in [0.5, 0.6) is 0 Å². The topological polar surface area (TPSA) is 55.1 Å². The Labute approximate surface area is 110 Å². The lowest BCUT2D eigenvalue weighted by atomic mass is 9.81. The maximum Gasteiger partial charge on any atom is 0.230 e. The Morgan fingerprint density at radius 3 is 2.28 bits per heavy atom. The number of aryl methyl sites for hydroxylation is 1. The van der Waals surface area contributed by atoms with E-state index in [0.717, 1.165) is 11.1 Å². The molecule has 0 atom stereocenters. The average Bonchev–Trinajstić information content (AvgIpc) is 2.25. The Bertz CT molecular complexity index is 430. The third-order valence-corrected chi connectivity index (χ3v) is 3.09. The Morgan fingerprint density at radius 1 is 1.22 bits per heavy atom. The molecule has 0 aliphatic carbocycles. The van der Waals surface area contributed by atoms with Gasteiger partial charge in [0.2, 0.25) is 5.91 Å². The Morgan fingerprint density at radius 2 is 1.78 bits per heavy atom. The van der Waals surface area contributed by atoms with E-state index >= 15 is 0 Å². The molecule has 1 aromatic rings. The Hall–Kier alpha value is -1.35. The molecule has 100 valence electrons.